The molecule has 3 aliphatic rings. The van der Waals surface area contributed by atoms with Gasteiger partial charge in [-0.3, -0.25) is 24.0 Å². The summed E-state index contributed by atoms with van der Waals surface area (Å²) in [6.45, 7) is 15.6. The molecule has 1 aromatic rings. The number of nitrogens with one attached hydrogen (secondary N) is 3. The van der Waals surface area contributed by atoms with Gasteiger partial charge in [0.05, 0.1) is 12.1 Å². The molecule has 5 amide bonds. The fraction of sp³-hybridized carbons (Fsp3) is 0.667. The van der Waals surface area contributed by atoms with E-state index >= 15 is 0 Å². The summed E-state index contributed by atoms with van der Waals surface area (Å²) in [7, 11) is 0. The molecule has 2 aliphatic carbocycles. The summed E-state index contributed by atoms with van der Waals surface area (Å²) in [5.41, 5.74) is 4.80. The van der Waals surface area contributed by atoms with E-state index in [1.54, 1.807) is 0 Å². The zero-order valence-corrected chi connectivity index (χ0v) is 29.1. The van der Waals surface area contributed by atoms with Crippen molar-refractivity contribution in [3.05, 3.63) is 35.9 Å². The Labute approximate surface area is 278 Å². The van der Waals surface area contributed by atoms with Crippen molar-refractivity contribution < 1.29 is 28.8 Å². The Kier molecular flexibility index (Phi) is 10.3. The molecular formula is C36H53N5O6. The van der Waals surface area contributed by atoms with Crippen molar-refractivity contribution in [2.24, 2.45) is 39.7 Å². The number of benzene rings is 1. The van der Waals surface area contributed by atoms with Crippen molar-refractivity contribution in [1.29, 1.82) is 0 Å². The first-order valence-corrected chi connectivity index (χ1v) is 16.8. The average molecular weight is 652 g/mol. The van der Waals surface area contributed by atoms with E-state index < -0.39 is 64.5 Å². The van der Waals surface area contributed by atoms with E-state index in [1.165, 1.54) is 4.90 Å². The predicted molar refractivity (Wildman–Crippen MR) is 178 cm³/mol. The van der Waals surface area contributed by atoms with Crippen molar-refractivity contribution in [3.63, 3.8) is 0 Å². The van der Waals surface area contributed by atoms with E-state index in [-0.39, 0.29) is 35.4 Å². The number of likely N-dealkylation sites (tertiary alicyclic amines) is 1. The molecule has 1 saturated heterocycles. The third-order valence-corrected chi connectivity index (χ3v) is 10.3. The van der Waals surface area contributed by atoms with Gasteiger partial charge < -0.3 is 26.6 Å². The van der Waals surface area contributed by atoms with Gasteiger partial charge in [0.1, 0.15) is 12.1 Å². The number of hydrogen-bond donors (Lipinski definition) is 4. The number of rotatable bonds is 13. The summed E-state index contributed by atoms with van der Waals surface area (Å²) in [5, 5.41) is 8.46. The Morgan fingerprint density at radius 1 is 0.894 bits per heavy atom. The van der Waals surface area contributed by atoms with Crippen LogP contribution < -0.4 is 21.7 Å². The molecule has 2 saturated carbocycles. The SMILES string of the molecule is CC(C)(C)[C@H](NC(=O)N[C@H](C(=O)N1C[C@H]2[C@@H]([C@H]1C(=O)NC(CC1CC1)C(=O)C(N)=O)C2(C)C)C(C)(C)C)C(=O)CCc1ccccc1. The van der Waals surface area contributed by atoms with E-state index in [2.05, 4.69) is 29.8 Å². The lowest BCUT2D eigenvalue weighted by Gasteiger charge is -2.38. The molecule has 0 bridgehead atoms. The normalized spacial score (nSPS) is 23.5. The minimum atomic E-state index is -1.10. The Hall–Kier alpha value is -3.76. The lowest BCUT2D eigenvalue weighted by molar-refractivity contribution is -0.145. The van der Waals surface area contributed by atoms with E-state index in [0.717, 1.165) is 18.4 Å². The number of carbonyl (C=O) groups excluding carboxylic acids is 6. The number of carbonyl (C=O) groups is 6. The number of aryl methyl sites for hydroxylation is 1. The summed E-state index contributed by atoms with van der Waals surface area (Å²) in [6.07, 6.45) is 2.95. The van der Waals surface area contributed by atoms with Gasteiger partial charge in [0.2, 0.25) is 17.6 Å². The maximum Gasteiger partial charge on any atom is 0.316 e. The van der Waals surface area contributed by atoms with E-state index in [1.807, 2.05) is 71.9 Å². The van der Waals surface area contributed by atoms with Gasteiger partial charge in [-0.1, -0.05) is 98.6 Å². The monoisotopic (exact) mass is 651 g/mol. The summed E-state index contributed by atoms with van der Waals surface area (Å²) < 4.78 is 0. The summed E-state index contributed by atoms with van der Waals surface area (Å²) >= 11 is 0. The molecule has 11 nitrogen and oxygen atoms in total. The highest BCUT2D eigenvalue weighted by atomic mass is 16.2. The van der Waals surface area contributed by atoms with Gasteiger partial charge in [-0.15, -0.1) is 0 Å². The summed E-state index contributed by atoms with van der Waals surface area (Å²) in [5.74, 6) is -2.80. The lowest BCUT2D eigenvalue weighted by atomic mass is 9.82. The van der Waals surface area contributed by atoms with Crippen LogP contribution in [-0.4, -0.2) is 70.9 Å². The first kappa shape index (κ1) is 36.1. The number of fused-ring (bicyclic) bond motifs is 1. The molecule has 6 atom stereocenters. The van der Waals surface area contributed by atoms with Crippen LogP contribution in [-0.2, 0) is 30.4 Å². The van der Waals surface area contributed by atoms with E-state index in [0.29, 0.717) is 19.4 Å². The Balaban J connectivity index is 1.50. The van der Waals surface area contributed by atoms with Gasteiger partial charge in [0, 0.05) is 13.0 Å². The molecule has 258 valence electrons. The standard InChI is InChI=1S/C36H53N5O6/c1-34(2,3)28(24(42)17-16-20-12-10-9-11-13-20)39-33(47)40-29(35(4,5)6)32(46)41-19-22-25(36(22,7)8)26(41)31(45)38-23(18-21-14-15-21)27(43)30(37)44/h9-13,21-23,25-26,28-29H,14-19H2,1-8H3,(H2,37,44)(H,38,45)(H2,39,40,47)/t22-,23?,25-,26-,28+,29+/m0/s1. The molecule has 1 unspecified atom stereocenters. The number of nitrogens with zero attached hydrogens (tertiary/aromatic N) is 1. The Bertz CT molecular complexity index is 1390. The summed E-state index contributed by atoms with van der Waals surface area (Å²) in [4.78, 5) is 81.0. The average Bonchev–Trinajstić information content (AvgIpc) is 3.83. The van der Waals surface area contributed by atoms with Crippen LogP contribution >= 0.6 is 0 Å². The highest BCUT2D eigenvalue weighted by Gasteiger charge is 2.70. The molecule has 0 aromatic heterocycles. The third-order valence-electron chi connectivity index (χ3n) is 10.3. The predicted octanol–water partition coefficient (Wildman–Crippen LogP) is 3.14. The second-order valence-corrected chi connectivity index (χ2v) is 16.5. The number of piperidine rings is 1. The highest BCUT2D eigenvalue weighted by Crippen LogP contribution is 2.65. The van der Waals surface area contributed by atoms with Gasteiger partial charge >= 0.3 is 6.03 Å². The fourth-order valence-electron chi connectivity index (χ4n) is 7.12. The first-order valence-electron chi connectivity index (χ1n) is 16.8. The minimum Gasteiger partial charge on any atom is -0.363 e. The second kappa shape index (κ2) is 13.4. The molecule has 1 heterocycles. The van der Waals surface area contributed by atoms with Crippen LogP contribution in [0.3, 0.4) is 0 Å². The van der Waals surface area contributed by atoms with Crippen molar-refractivity contribution >= 4 is 35.3 Å². The number of urea groups is 1. The topological polar surface area (TPSA) is 168 Å². The van der Waals surface area contributed by atoms with E-state index in [4.69, 9.17) is 5.73 Å². The maximum absolute atomic E-state index is 14.3. The van der Waals surface area contributed by atoms with Crippen molar-refractivity contribution in [2.45, 2.75) is 112 Å². The van der Waals surface area contributed by atoms with E-state index in [9.17, 15) is 28.8 Å². The molecule has 1 aromatic carbocycles. The molecular weight excluding hydrogens is 598 g/mol. The largest absolute Gasteiger partial charge is 0.363 e. The Morgan fingerprint density at radius 3 is 2.00 bits per heavy atom. The van der Waals surface area contributed by atoms with Crippen molar-refractivity contribution in [3.8, 4) is 0 Å². The van der Waals surface area contributed by atoms with Crippen LogP contribution in [0.2, 0.25) is 0 Å². The number of nitrogens with two attached hydrogens (primary N) is 1. The zero-order chi connectivity index (χ0) is 35.1. The number of Topliss-reactive ketones (excluding diaryl/α,β-unsaturated/α-hetero) is 2. The molecule has 1 aliphatic heterocycles. The smallest absolute Gasteiger partial charge is 0.316 e. The molecule has 0 spiro atoms. The highest BCUT2D eigenvalue weighted by molar-refractivity contribution is 6.37. The second-order valence-electron chi connectivity index (χ2n) is 16.5. The van der Waals surface area contributed by atoms with Gasteiger partial charge in [-0.2, -0.15) is 0 Å². The van der Waals surface area contributed by atoms with Crippen LogP contribution in [0, 0.1) is 34.0 Å². The number of amides is 5. The number of primary amides is 1. The minimum absolute atomic E-state index is 0.0675. The van der Waals surface area contributed by atoms with Gasteiger partial charge in [-0.25, -0.2) is 4.79 Å². The summed E-state index contributed by atoms with van der Waals surface area (Å²) in [6, 6.07) is 5.29. The Morgan fingerprint density at radius 2 is 1.47 bits per heavy atom. The zero-order valence-electron chi connectivity index (χ0n) is 29.1. The quantitative estimate of drug-likeness (QED) is 0.239. The third kappa shape index (κ3) is 8.40. The molecule has 5 N–H and O–H groups in total. The first-order chi connectivity index (χ1) is 21.7. The molecule has 4 rings (SSSR count). The van der Waals surface area contributed by atoms with Gasteiger partial charge in [0.15, 0.2) is 5.78 Å². The van der Waals surface area contributed by atoms with Crippen LogP contribution in [0.4, 0.5) is 4.79 Å². The molecule has 3 fully saturated rings. The molecule has 0 radical (unpaired) electrons. The van der Waals surface area contributed by atoms with Crippen LogP contribution in [0.5, 0.6) is 0 Å². The molecule has 47 heavy (non-hydrogen) atoms. The van der Waals surface area contributed by atoms with Crippen molar-refractivity contribution in [2.75, 3.05) is 6.54 Å². The fourth-order valence-corrected chi connectivity index (χ4v) is 7.12. The maximum atomic E-state index is 14.3. The molecule has 11 heteroatoms. The number of hydrogen-bond acceptors (Lipinski definition) is 6. The lowest BCUT2D eigenvalue weighted by Crippen LogP contribution is -2.62. The van der Waals surface area contributed by atoms with Gasteiger partial charge in [-0.05, 0) is 52.4 Å². The number of ketones is 2. The van der Waals surface area contributed by atoms with Gasteiger partial charge in [0.25, 0.3) is 5.91 Å². The van der Waals surface area contributed by atoms with Crippen molar-refractivity contribution in [1.82, 2.24) is 20.9 Å². The van der Waals surface area contributed by atoms with Crippen LogP contribution in [0.25, 0.3) is 0 Å². The van der Waals surface area contributed by atoms with Crippen LogP contribution in [0.1, 0.15) is 86.6 Å². The van der Waals surface area contributed by atoms with Crippen LogP contribution in [0.15, 0.2) is 30.3 Å².